The number of H-pyrrole nitrogens is 1. The molecule has 8 heteroatoms. The molecule has 0 saturated carbocycles. The Morgan fingerprint density at radius 3 is 2.48 bits per heavy atom. The van der Waals surface area contributed by atoms with E-state index >= 15 is 0 Å². The third-order valence-corrected chi connectivity index (χ3v) is 8.83. The number of ketones is 1. The second kappa shape index (κ2) is 10.3. The van der Waals surface area contributed by atoms with E-state index < -0.39 is 5.25 Å². The molecule has 7 nitrogen and oxygen atoms in total. The first-order chi connectivity index (χ1) is 19.7. The molecule has 0 radical (unpaired) electrons. The fourth-order valence-corrected chi connectivity index (χ4v) is 6.82. The van der Waals surface area contributed by atoms with Gasteiger partial charge in [0.1, 0.15) is 10.8 Å². The Labute approximate surface area is 235 Å². The van der Waals surface area contributed by atoms with E-state index in [1.54, 1.807) is 6.20 Å². The third kappa shape index (κ3) is 4.25. The Hall–Kier alpha value is -4.43. The lowest BCUT2D eigenvalue weighted by Gasteiger charge is -2.21. The molecule has 198 valence electrons. The number of fused-ring (bicyclic) bond motifs is 4. The molecule has 3 aliphatic heterocycles. The summed E-state index contributed by atoms with van der Waals surface area (Å²) in [6, 6.07) is 27.2. The molecule has 3 aliphatic rings. The van der Waals surface area contributed by atoms with E-state index in [2.05, 4.69) is 14.6 Å². The van der Waals surface area contributed by atoms with Crippen LogP contribution in [0.2, 0.25) is 0 Å². The van der Waals surface area contributed by atoms with Gasteiger partial charge in [-0.25, -0.2) is 4.98 Å². The van der Waals surface area contributed by atoms with Gasteiger partial charge in [-0.05, 0) is 43.0 Å². The SMILES string of the molecule is O=C(c1c[nH]c2ccccc12)[C@H](Sc1nc2nn(-c3ccccc3)c(=O)c-2c2n1CCCCC2)c1ccccc1. The number of Topliss-reactive ketones (excluding diaryl/α,β-unsaturated/α-hetero) is 1. The van der Waals surface area contributed by atoms with Gasteiger partial charge in [0.15, 0.2) is 16.8 Å². The van der Waals surface area contributed by atoms with Gasteiger partial charge in [0, 0.05) is 34.9 Å². The molecule has 4 heterocycles. The van der Waals surface area contributed by atoms with E-state index in [0.717, 1.165) is 54.4 Å². The molecule has 1 N–H and O–H groups in total. The fraction of sp³-hybridized carbons (Fsp3) is 0.188. The second-order valence-corrected chi connectivity index (χ2v) is 11.1. The summed E-state index contributed by atoms with van der Waals surface area (Å²) in [4.78, 5) is 36.1. The van der Waals surface area contributed by atoms with Crippen molar-refractivity contribution in [2.45, 2.75) is 42.6 Å². The lowest BCUT2D eigenvalue weighted by molar-refractivity contribution is 0.0991. The number of nitrogens with one attached hydrogen (secondary N) is 1. The smallest absolute Gasteiger partial charge is 0.284 e. The number of benzene rings is 3. The van der Waals surface area contributed by atoms with E-state index in [1.807, 2.05) is 84.9 Å². The van der Waals surface area contributed by atoms with Crippen molar-refractivity contribution in [1.29, 1.82) is 0 Å². The minimum Gasteiger partial charge on any atom is -0.360 e. The van der Waals surface area contributed by atoms with Crippen LogP contribution >= 0.6 is 11.8 Å². The zero-order chi connectivity index (χ0) is 27.1. The minimum absolute atomic E-state index is 0.0119. The largest absolute Gasteiger partial charge is 0.360 e. The van der Waals surface area contributed by atoms with Gasteiger partial charge < -0.3 is 9.55 Å². The van der Waals surface area contributed by atoms with Crippen molar-refractivity contribution in [1.82, 2.24) is 24.3 Å². The molecule has 7 rings (SSSR count). The summed E-state index contributed by atoms with van der Waals surface area (Å²) in [6.07, 6.45) is 5.64. The summed E-state index contributed by atoms with van der Waals surface area (Å²) in [5, 5.41) is 5.77. The second-order valence-electron chi connectivity index (χ2n) is 10.1. The molecular formula is C32H27N5O2S. The van der Waals surface area contributed by atoms with E-state index in [1.165, 1.54) is 16.4 Å². The van der Waals surface area contributed by atoms with Gasteiger partial charge in [0.05, 0.1) is 5.69 Å². The van der Waals surface area contributed by atoms with E-state index in [-0.39, 0.29) is 11.3 Å². The highest BCUT2D eigenvalue weighted by atomic mass is 32.2. The lowest BCUT2D eigenvalue weighted by Crippen LogP contribution is -2.20. The van der Waals surface area contributed by atoms with Crippen molar-refractivity contribution in [3.8, 4) is 17.1 Å². The van der Waals surface area contributed by atoms with Crippen molar-refractivity contribution in [3.05, 3.63) is 118 Å². The number of carbonyl (C=O) groups is 1. The number of aromatic nitrogens is 5. The zero-order valence-electron chi connectivity index (χ0n) is 21.8. The van der Waals surface area contributed by atoms with Crippen LogP contribution in [0.3, 0.4) is 0 Å². The lowest BCUT2D eigenvalue weighted by atomic mass is 10.0. The Morgan fingerprint density at radius 2 is 1.65 bits per heavy atom. The highest BCUT2D eigenvalue weighted by Crippen LogP contribution is 2.40. The molecule has 0 unspecified atom stereocenters. The van der Waals surface area contributed by atoms with Crippen LogP contribution < -0.4 is 5.56 Å². The first kappa shape index (κ1) is 24.6. The monoisotopic (exact) mass is 545 g/mol. The molecule has 3 aromatic carbocycles. The van der Waals surface area contributed by atoms with Crippen LogP contribution in [-0.2, 0) is 13.0 Å². The summed E-state index contributed by atoms with van der Waals surface area (Å²) in [5.41, 5.74) is 4.60. The number of hydrogen-bond acceptors (Lipinski definition) is 5. The molecular weight excluding hydrogens is 518 g/mol. The number of nitrogens with zero attached hydrogens (tertiary/aromatic N) is 4. The molecule has 1 atom stereocenters. The number of hydrogen-bond donors (Lipinski definition) is 1. The van der Waals surface area contributed by atoms with Gasteiger partial charge >= 0.3 is 0 Å². The molecule has 0 amide bonds. The number of aromatic amines is 1. The predicted octanol–water partition coefficient (Wildman–Crippen LogP) is 6.46. The summed E-state index contributed by atoms with van der Waals surface area (Å²) >= 11 is 1.44. The van der Waals surface area contributed by atoms with Crippen molar-refractivity contribution >= 4 is 28.4 Å². The average Bonchev–Trinajstić information content (AvgIpc) is 3.48. The quantitative estimate of drug-likeness (QED) is 0.148. The van der Waals surface area contributed by atoms with Crippen molar-refractivity contribution < 1.29 is 4.79 Å². The van der Waals surface area contributed by atoms with Crippen LogP contribution in [0.15, 0.2) is 101 Å². The highest BCUT2D eigenvalue weighted by Gasteiger charge is 2.31. The first-order valence-corrected chi connectivity index (χ1v) is 14.5. The molecule has 4 aromatic rings. The maximum atomic E-state index is 14.2. The molecule has 0 bridgehead atoms. The Bertz CT molecular complexity index is 1860. The van der Waals surface area contributed by atoms with Gasteiger partial charge in [-0.1, -0.05) is 84.9 Å². The predicted molar refractivity (Wildman–Crippen MR) is 157 cm³/mol. The Morgan fingerprint density at radius 1 is 0.900 bits per heavy atom. The zero-order valence-corrected chi connectivity index (χ0v) is 22.6. The molecule has 0 fully saturated rings. The van der Waals surface area contributed by atoms with Crippen molar-refractivity contribution in [2.75, 3.05) is 0 Å². The van der Waals surface area contributed by atoms with E-state index in [0.29, 0.717) is 27.8 Å². The summed E-state index contributed by atoms with van der Waals surface area (Å²) in [7, 11) is 0. The summed E-state index contributed by atoms with van der Waals surface area (Å²) < 4.78 is 3.61. The fourth-order valence-electron chi connectivity index (χ4n) is 5.61. The van der Waals surface area contributed by atoms with Crippen LogP contribution in [0.5, 0.6) is 0 Å². The van der Waals surface area contributed by atoms with Crippen molar-refractivity contribution in [3.63, 3.8) is 0 Å². The minimum atomic E-state index is -0.520. The molecule has 0 spiro atoms. The van der Waals surface area contributed by atoms with E-state index in [9.17, 15) is 9.59 Å². The number of thioether (sulfide) groups is 1. The standard InChI is InChI=1S/C32H27N5O2S/c38-28(24-20-33-25-17-10-9-16-23(24)25)29(21-12-4-1-5-13-21)40-32-34-30-27(26-18-8-3-11-19-36(26)32)31(39)37(35-30)22-14-6-2-7-15-22/h1-2,4-7,9-10,12-17,20,29,33H,3,8,11,18-19H2/t29-/m1/s1. The number of rotatable bonds is 6. The topological polar surface area (TPSA) is 85.6 Å². The van der Waals surface area contributed by atoms with Crippen LogP contribution in [0.25, 0.3) is 28.0 Å². The summed E-state index contributed by atoms with van der Waals surface area (Å²) in [5.74, 6) is 0.439. The maximum absolute atomic E-state index is 14.2. The van der Waals surface area contributed by atoms with E-state index in [4.69, 9.17) is 4.98 Å². The maximum Gasteiger partial charge on any atom is 0.284 e. The highest BCUT2D eigenvalue weighted by molar-refractivity contribution is 8.00. The first-order valence-electron chi connectivity index (χ1n) is 13.6. The summed E-state index contributed by atoms with van der Waals surface area (Å²) in [6.45, 7) is 0.749. The Balaban J connectivity index is 1.39. The normalized spacial score (nSPS) is 14.2. The van der Waals surface area contributed by atoms with Gasteiger partial charge in [-0.2, -0.15) is 4.68 Å². The van der Waals surface area contributed by atoms with Crippen LogP contribution in [0.1, 0.15) is 46.1 Å². The van der Waals surface area contributed by atoms with Crippen molar-refractivity contribution in [2.24, 2.45) is 0 Å². The van der Waals surface area contributed by atoms with Crippen LogP contribution in [-0.4, -0.2) is 30.1 Å². The average molecular weight is 546 g/mol. The Kier molecular flexibility index (Phi) is 6.32. The third-order valence-electron chi connectivity index (χ3n) is 7.59. The van der Waals surface area contributed by atoms with Crippen LogP contribution in [0.4, 0.5) is 0 Å². The van der Waals surface area contributed by atoms with Crippen LogP contribution in [0, 0.1) is 0 Å². The van der Waals surface area contributed by atoms with Gasteiger partial charge in [0.2, 0.25) is 0 Å². The molecule has 0 saturated heterocycles. The molecule has 40 heavy (non-hydrogen) atoms. The number of para-hydroxylation sites is 2. The van der Waals surface area contributed by atoms with Gasteiger partial charge in [0.25, 0.3) is 5.56 Å². The molecule has 1 aromatic heterocycles. The molecule has 0 aliphatic carbocycles. The van der Waals surface area contributed by atoms with Gasteiger partial charge in [-0.3, -0.25) is 9.59 Å². The van der Waals surface area contributed by atoms with Gasteiger partial charge in [-0.15, -0.1) is 5.10 Å². The number of carbonyl (C=O) groups excluding carboxylic acids is 1.